The van der Waals surface area contributed by atoms with Crippen LogP contribution in [0.3, 0.4) is 0 Å². The highest BCUT2D eigenvalue weighted by molar-refractivity contribution is 5.84. The van der Waals surface area contributed by atoms with Gasteiger partial charge in [0.2, 0.25) is 0 Å². The van der Waals surface area contributed by atoms with Crippen molar-refractivity contribution < 1.29 is 9.90 Å². The Bertz CT molecular complexity index is 696. The molecule has 1 N–H and O–H groups in total. The zero-order chi connectivity index (χ0) is 16.4. The number of nitrogens with zero attached hydrogens (tertiary/aromatic N) is 6. The van der Waals surface area contributed by atoms with Crippen LogP contribution in [-0.2, 0) is 6.54 Å². The molecule has 0 saturated carbocycles. The van der Waals surface area contributed by atoms with Gasteiger partial charge in [0, 0.05) is 19.6 Å². The molecule has 0 bridgehead atoms. The average Bonchev–Trinajstić information content (AvgIpc) is 2.85. The van der Waals surface area contributed by atoms with Crippen LogP contribution in [0.4, 0.5) is 5.82 Å². The number of aryl methyl sites for hydroxylation is 2. The van der Waals surface area contributed by atoms with Crippen LogP contribution in [0.1, 0.15) is 35.0 Å². The molecule has 1 atom stereocenters. The number of hydrogen-bond donors (Lipinski definition) is 1. The third kappa shape index (κ3) is 3.46. The van der Waals surface area contributed by atoms with Gasteiger partial charge in [-0.05, 0) is 32.6 Å². The van der Waals surface area contributed by atoms with Crippen molar-refractivity contribution in [1.82, 2.24) is 24.7 Å². The van der Waals surface area contributed by atoms with Crippen molar-refractivity contribution in [3.63, 3.8) is 0 Å². The first-order valence-electron chi connectivity index (χ1n) is 7.71. The summed E-state index contributed by atoms with van der Waals surface area (Å²) in [7, 11) is 0. The Balaban J connectivity index is 1.68. The zero-order valence-electron chi connectivity index (χ0n) is 13.3. The molecule has 0 amide bonds. The molecule has 0 spiro atoms. The van der Waals surface area contributed by atoms with Crippen molar-refractivity contribution in [3.8, 4) is 0 Å². The first-order chi connectivity index (χ1) is 11.0. The van der Waals surface area contributed by atoms with E-state index < -0.39 is 5.97 Å². The van der Waals surface area contributed by atoms with Gasteiger partial charge in [-0.2, -0.15) is 5.10 Å². The molecular weight excluding hydrogens is 296 g/mol. The lowest BCUT2D eigenvalue weighted by molar-refractivity contribution is 0.0690. The number of carbonyl (C=O) groups is 1. The number of piperidine rings is 1. The quantitative estimate of drug-likeness (QED) is 0.908. The first-order valence-corrected chi connectivity index (χ1v) is 7.71. The summed E-state index contributed by atoms with van der Waals surface area (Å²) in [6.45, 7) is 6.48. The van der Waals surface area contributed by atoms with Gasteiger partial charge < -0.3 is 10.0 Å². The van der Waals surface area contributed by atoms with E-state index in [1.54, 1.807) is 0 Å². The van der Waals surface area contributed by atoms with Gasteiger partial charge in [-0.25, -0.2) is 24.4 Å². The van der Waals surface area contributed by atoms with Crippen LogP contribution in [0.15, 0.2) is 12.4 Å². The number of carboxylic acids is 1. The molecule has 3 rings (SSSR count). The van der Waals surface area contributed by atoms with Gasteiger partial charge in [0.05, 0.1) is 12.4 Å². The van der Waals surface area contributed by atoms with Crippen molar-refractivity contribution in [2.45, 2.75) is 33.2 Å². The van der Waals surface area contributed by atoms with E-state index >= 15 is 0 Å². The molecule has 0 aliphatic carbocycles. The Morgan fingerprint density at radius 2 is 2.17 bits per heavy atom. The topological polar surface area (TPSA) is 97.0 Å². The van der Waals surface area contributed by atoms with Crippen LogP contribution in [-0.4, -0.2) is 48.9 Å². The standard InChI is InChI=1S/C15H20N6O2/c1-10-18-11(2)21(19-10)9-12-4-3-5-20(8-12)14-7-16-13(6-17-14)15(22)23/h6-7,12H,3-5,8-9H2,1-2H3,(H,22,23). The van der Waals surface area contributed by atoms with Crippen LogP contribution in [0.2, 0.25) is 0 Å². The van der Waals surface area contributed by atoms with Gasteiger partial charge in [0.15, 0.2) is 5.69 Å². The lowest BCUT2D eigenvalue weighted by atomic mass is 9.98. The predicted molar refractivity (Wildman–Crippen MR) is 83.4 cm³/mol. The molecule has 23 heavy (non-hydrogen) atoms. The molecule has 1 unspecified atom stereocenters. The average molecular weight is 316 g/mol. The number of carboxylic acid groups (broad SMARTS) is 1. The van der Waals surface area contributed by atoms with Gasteiger partial charge >= 0.3 is 5.97 Å². The lowest BCUT2D eigenvalue weighted by Gasteiger charge is -2.33. The molecule has 3 heterocycles. The molecule has 2 aromatic heterocycles. The first kappa shape index (κ1) is 15.4. The van der Waals surface area contributed by atoms with Crippen LogP contribution < -0.4 is 4.90 Å². The Hall–Kier alpha value is -2.51. The van der Waals surface area contributed by atoms with Crippen LogP contribution in [0, 0.1) is 19.8 Å². The summed E-state index contributed by atoms with van der Waals surface area (Å²) in [6, 6.07) is 0. The zero-order valence-corrected chi connectivity index (χ0v) is 13.3. The summed E-state index contributed by atoms with van der Waals surface area (Å²) < 4.78 is 1.96. The smallest absolute Gasteiger partial charge is 0.356 e. The second-order valence-electron chi connectivity index (χ2n) is 5.91. The minimum absolute atomic E-state index is 0.0315. The minimum Gasteiger partial charge on any atom is -0.476 e. The van der Waals surface area contributed by atoms with E-state index in [4.69, 9.17) is 5.11 Å². The van der Waals surface area contributed by atoms with E-state index in [-0.39, 0.29) is 5.69 Å². The van der Waals surface area contributed by atoms with Gasteiger partial charge in [0.1, 0.15) is 17.5 Å². The predicted octanol–water partition coefficient (Wildman–Crippen LogP) is 1.30. The maximum Gasteiger partial charge on any atom is 0.356 e. The Morgan fingerprint density at radius 3 is 2.78 bits per heavy atom. The van der Waals surface area contributed by atoms with E-state index in [2.05, 4.69) is 25.0 Å². The molecule has 122 valence electrons. The Kier molecular flexibility index (Phi) is 4.22. The van der Waals surface area contributed by atoms with Gasteiger partial charge in [-0.15, -0.1) is 0 Å². The summed E-state index contributed by atoms with van der Waals surface area (Å²) in [6.07, 6.45) is 5.05. The molecule has 1 saturated heterocycles. The molecule has 0 aromatic carbocycles. The van der Waals surface area contributed by atoms with Crippen molar-refractivity contribution in [3.05, 3.63) is 29.7 Å². The normalized spacial score (nSPS) is 18.2. The second-order valence-corrected chi connectivity index (χ2v) is 5.91. The number of aromatic nitrogens is 5. The Morgan fingerprint density at radius 1 is 1.35 bits per heavy atom. The molecule has 2 aromatic rings. The molecule has 0 radical (unpaired) electrons. The van der Waals surface area contributed by atoms with E-state index in [0.29, 0.717) is 5.92 Å². The summed E-state index contributed by atoms with van der Waals surface area (Å²) in [5.41, 5.74) is -0.0315. The van der Waals surface area contributed by atoms with Gasteiger partial charge in [-0.1, -0.05) is 0 Å². The fourth-order valence-electron chi connectivity index (χ4n) is 3.00. The molecular formula is C15H20N6O2. The van der Waals surface area contributed by atoms with Crippen molar-refractivity contribution in [2.75, 3.05) is 18.0 Å². The monoisotopic (exact) mass is 316 g/mol. The van der Waals surface area contributed by atoms with Crippen LogP contribution in [0.5, 0.6) is 0 Å². The number of rotatable bonds is 4. The highest BCUT2D eigenvalue weighted by Gasteiger charge is 2.22. The van der Waals surface area contributed by atoms with E-state index in [1.807, 2.05) is 18.5 Å². The summed E-state index contributed by atoms with van der Waals surface area (Å²) >= 11 is 0. The van der Waals surface area contributed by atoms with Crippen molar-refractivity contribution in [1.29, 1.82) is 0 Å². The molecule has 1 aliphatic rings. The van der Waals surface area contributed by atoms with E-state index in [1.165, 1.54) is 12.4 Å². The highest BCUT2D eigenvalue weighted by Crippen LogP contribution is 2.22. The third-order valence-electron chi connectivity index (χ3n) is 4.09. The third-order valence-corrected chi connectivity index (χ3v) is 4.09. The van der Waals surface area contributed by atoms with E-state index in [0.717, 1.165) is 49.9 Å². The maximum atomic E-state index is 10.8. The summed E-state index contributed by atoms with van der Waals surface area (Å²) in [5.74, 6) is 1.86. The SMILES string of the molecule is Cc1nc(C)n(CC2CCCN(c3cnc(C(=O)O)cn3)C2)n1. The van der Waals surface area contributed by atoms with Gasteiger partial charge in [-0.3, -0.25) is 0 Å². The number of hydrogen-bond acceptors (Lipinski definition) is 6. The molecule has 8 heteroatoms. The number of anilines is 1. The summed E-state index contributed by atoms with van der Waals surface area (Å²) in [4.78, 5) is 25.5. The van der Waals surface area contributed by atoms with Crippen LogP contribution in [0.25, 0.3) is 0 Å². The highest BCUT2D eigenvalue weighted by atomic mass is 16.4. The van der Waals surface area contributed by atoms with Gasteiger partial charge in [0.25, 0.3) is 0 Å². The van der Waals surface area contributed by atoms with Crippen LogP contribution >= 0.6 is 0 Å². The number of aromatic carboxylic acids is 1. The maximum absolute atomic E-state index is 10.8. The largest absolute Gasteiger partial charge is 0.476 e. The lowest BCUT2D eigenvalue weighted by Crippen LogP contribution is -2.38. The Labute approximate surface area is 134 Å². The fourth-order valence-corrected chi connectivity index (χ4v) is 3.00. The minimum atomic E-state index is -1.06. The molecule has 1 aliphatic heterocycles. The summed E-state index contributed by atoms with van der Waals surface area (Å²) in [5, 5.41) is 13.3. The molecule has 1 fully saturated rings. The van der Waals surface area contributed by atoms with Crippen molar-refractivity contribution in [2.24, 2.45) is 5.92 Å². The second kappa shape index (κ2) is 6.31. The van der Waals surface area contributed by atoms with Crippen molar-refractivity contribution >= 4 is 11.8 Å². The van der Waals surface area contributed by atoms with E-state index in [9.17, 15) is 4.79 Å². The fraction of sp³-hybridized carbons (Fsp3) is 0.533. The molecule has 8 nitrogen and oxygen atoms in total.